The summed E-state index contributed by atoms with van der Waals surface area (Å²) in [6.45, 7) is 3.96. The Bertz CT molecular complexity index is 603. The molecule has 0 aliphatic rings. The zero-order chi connectivity index (χ0) is 14.4. The Balaban J connectivity index is 1.99. The molecule has 0 radical (unpaired) electrons. The zero-order valence-corrected chi connectivity index (χ0v) is 11.6. The maximum atomic E-state index is 11.8. The molecule has 0 spiro atoms. The summed E-state index contributed by atoms with van der Waals surface area (Å²) in [5.41, 5.74) is 1.20. The quantitative estimate of drug-likeness (QED) is 0.830. The number of amides is 2. The van der Waals surface area contributed by atoms with Gasteiger partial charge in [-0.05, 0) is 35.7 Å². The van der Waals surface area contributed by atoms with Crippen LogP contribution in [0.15, 0.2) is 54.4 Å². The summed E-state index contributed by atoms with van der Waals surface area (Å²) in [5.74, 6) is -0.315. The maximum absolute atomic E-state index is 11.8. The smallest absolute Gasteiger partial charge is 0.265 e. The molecule has 2 N–H and O–H groups in total. The summed E-state index contributed by atoms with van der Waals surface area (Å²) in [5, 5.41) is 7.31. The van der Waals surface area contributed by atoms with Crippen LogP contribution >= 0.6 is 11.3 Å². The van der Waals surface area contributed by atoms with E-state index in [1.165, 1.54) is 11.3 Å². The highest BCUT2D eigenvalue weighted by atomic mass is 32.1. The number of anilines is 1. The van der Waals surface area contributed by atoms with Crippen molar-refractivity contribution in [2.45, 2.75) is 0 Å². The van der Waals surface area contributed by atoms with E-state index in [4.69, 9.17) is 0 Å². The molecule has 2 aromatic rings. The number of carbonyl (C=O) groups excluding carboxylic acids is 2. The second-order valence-corrected chi connectivity index (χ2v) is 4.96. The number of thiophene rings is 1. The molecular formula is C15H14N2O2S. The lowest BCUT2D eigenvalue weighted by atomic mass is 10.2. The lowest BCUT2D eigenvalue weighted by molar-refractivity contribution is 0.0957. The van der Waals surface area contributed by atoms with Crippen LogP contribution in [0.4, 0.5) is 5.69 Å². The Morgan fingerprint density at radius 1 is 1.15 bits per heavy atom. The van der Waals surface area contributed by atoms with Crippen molar-refractivity contribution in [2.24, 2.45) is 0 Å². The van der Waals surface area contributed by atoms with Crippen LogP contribution in [0.5, 0.6) is 0 Å². The third-order valence-electron chi connectivity index (χ3n) is 2.56. The van der Waals surface area contributed by atoms with E-state index in [-0.39, 0.29) is 11.8 Å². The molecule has 0 fully saturated rings. The molecule has 1 aromatic carbocycles. The van der Waals surface area contributed by atoms with Gasteiger partial charge < -0.3 is 10.6 Å². The van der Waals surface area contributed by atoms with Gasteiger partial charge in [0.05, 0.1) is 4.88 Å². The Hall–Kier alpha value is -2.40. The molecule has 2 amide bonds. The van der Waals surface area contributed by atoms with Crippen LogP contribution in [0.3, 0.4) is 0 Å². The highest BCUT2D eigenvalue weighted by molar-refractivity contribution is 7.12. The van der Waals surface area contributed by atoms with Gasteiger partial charge in [0.1, 0.15) is 0 Å². The van der Waals surface area contributed by atoms with Crippen molar-refractivity contribution in [1.82, 2.24) is 5.32 Å². The lowest BCUT2D eigenvalue weighted by Crippen LogP contribution is -2.23. The van der Waals surface area contributed by atoms with Crippen molar-refractivity contribution in [3.63, 3.8) is 0 Å². The van der Waals surface area contributed by atoms with E-state index in [1.54, 1.807) is 36.4 Å². The third-order valence-corrected chi connectivity index (χ3v) is 3.43. The summed E-state index contributed by atoms with van der Waals surface area (Å²) < 4.78 is 0. The average Bonchev–Trinajstić information content (AvgIpc) is 3.00. The van der Waals surface area contributed by atoms with Crippen LogP contribution in [0, 0.1) is 0 Å². The molecule has 0 aliphatic carbocycles. The highest BCUT2D eigenvalue weighted by Gasteiger charge is 2.08. The lowest BCUT2D eigenvalue weighted by Gasteiger charge is -2.05. The van der Waals surface area contributed by atoms with E-state index in [0.717, 1.165) is 0 Å². The third kappa shape index (κ3) is 3.55. The van der Waals surface area contributed by atoms with E-state index in [9.17, 15) is 9.59 Å². The van der Waals surface area contributed by atoms with E-state index in [1.807, 2.05) is 11.4 Å². The summed E-state index contributed by atoms with van der Waals surface area (Å²) in [6, 6.07) is 10.3. The largest absolute Gasteiger partial charge is 0.349 e. The first-order valence-electron chi connectivity index (χ1n) is 6.04. The predicted molar refractivity (Wildman–Crippen MR) is 81.2 cm³/mol. The molecule has 1 heterocycles. The van der Waals surface area contributed by atoms with Crippen molar-refractivity contribution in [3.8, 4) is 0 Å². The first-order chi connectivity index (χ1) is 9.70. The van der Waals surface area contributed by atoms with Gasteiger partial charge >= 0.3 is 0 Å². The van der Waals surface area contributed by atoms with Crippen molar-refractivity contribution < 1.29 is 9.59 Å². The molecule has 0 bridgehead atoms. The molecule has 0 atom stereocenters. The van der Waals surface area contributed by atoms with Crippen molar-refractivity contribution in [2.75, 3.05) is 11.9 Å². The molecule has 102 valence electrons. The van der Waals surface area contributed by atoms with Crippen molar-refractivity contribution >= 4 is 28.8 Å². The number of hydrogen-bond donors (Lipinski definition) is 2. The Morgan fingerprint density at radius 3 is 2.50 bits per heavy atom. The van der Waals surface area contributed by atoms with Crippen LogP contribution < -0.4 is 10.6 Å². The fourth-order valence-corrected chi connectivity index (χ4v) is 2.19. The minimum Gasteiger partial charge on any atom is -0.349 e. The van der Waals surface area contributed by atoms with E-state index in [0.29, 0.717) is 22.7 Å². The van der Waals surface area contributed by atoms with Gasteiger partial charge in [-0.25, -0.2) is 0 Å². The maximum Gasteiger partial charge on any atom is 0.265 e. The van der Waals surface area contributed by atoms with Crippen LogP contribution in [0.25, 0.3) is 0 Å². The topological polar surface area (TPSA) is 58.2 Å². The fourth-order valence-electron chi connectivity index (χ4n) is 1.57. The molecule has 20 heavy (non-hydrogen) atoms. The molecule has 4 nitrogen and oxygen atoms in total. The average molecular weight is 286 g/mol. The van der Waals surface area contributed by atoms with Gasteiger partial charge in [-0.3, -0.25) is 9.59 Å². The van der Waals surface area contributed by atoms with Gasteiger partial charge in [0.25, 0.3) is 11.8 Å². The van der Waals surface area contributed by atoms with Crippen LogP contribution in [0.2, 0.25) is 0 Å². The number of rotatable bonds is 5. The number of carbonyl (C=O) groups is 2. The van der Waals surface area contributed by atoms with Crippen LogP contribution in [-0.2, 0) is 0 Å². The molecule has 0 unspecified atom stereocenters. The van der Waals surface area contributed by atoms with Crippen LogP contribution in [0.1, 0.15) is 20.0 Å². The minimum atomic E-state index is -0.166. The molecule has 5 heteroatoms. The van der Waals surface area contributed by atoms with E-state index < -0.39 is 0 Å². The second kappa shape index (κ2) is 6.68. The standard InChI is InChI=1S/C15H14N2O2S/c1-2-9-16-14(18)11-5-7-12(8-6-11)17-15(19)13-4-3-10-20-13/h2-8,10H,1,9H2,(H,16,18)(H,17,19). The first-order valence-corrected chi connectivity index (χ1v) is 6.92. The summed E-state index contributed by atoms with van der Waals surface area (Å²) in [6.07, 6.45) is 1.62. The van der Waals surface area contributed by atoms with Gasteiger partial charge in [0.2, 0.25) is 0 Å². The molecule has 0 saturated carbocycles. The highest BCUT2D eigenvalue weighted by Crippen LogP contribution is 2.14. The Kier molecular flexibility index (Phi) is 4.68. The van der Waals surface area contributed by atoms with E-state index in [2.05, 4.69) is 17.2 Å². The molecule has 1 aromatic heterocycles. The summed E-state index contributed by atoms with van der Waals surface area (Å²) in [4.78, 5) is 24.2. The number of hydrogen-bond acceptors (Lipinski definition) is 3. The van der Waals surface area contributed by atoms with Crippen molar-refractivity contribution in [3.05, 3.63) is 64.9 Å². The van der Waals surface area contributed by atoms with Crippen molar-refractivity contribution in [1.29, 1.82) is 0 Å². The van der Waals surface area contributed by atoms with Gasteiger partial charge in [0, 0.05) is 17.8 Å². The Morgan fingerprint density at radius 2 is 1.90 bits per heavy atom. The van der Waals surface area contributed by atoms with Crippen LogP contribution in [-0.4, -0.2) is 18.4 Å². The fraction of sp³-hybridized carbons (Fsp3) is 0.0667. The van der Waals surface area contributed by atoms with E-state index >= 15 is 0 Å². The Labute approximate surface area is 121 Å². The number of nitrogens with one attached hydrogen (secondary N) is 2. The van der Waals surface area contributed by atoms with Gasteiger partial charge in [0.15, 0.2) is 0 Å². The monoisotopic (exact) mass is 286 g/mol. The molecule has 0 saturated heterocycles. The van der Waals surface area contributed by atoms with Gasteiger partial charge in [-0.2, -0.15) is 0 Å². The zero-order valence-electron chi connectivity index (χ0n) is 10.8. The summed E-state index contributed by atoms with van der Waals surface area (Å²) >= 11 is 1.38. The normalized spacial score (nSPS) is 9.80. The molecular weight excluding hydrogens is 272 g/mol. The number of benzene rings is 1. The first kappa shape index (κ1) is 14.0. The van der Waals surface area contributed by atoms with Gasteiger partial charge in [-0.1, -0.05) is 12.1 Å². The second-order valence-electron chi connectivity index (χ2n) is 4.01. The molecule has 2 rings (SSSR count). The predicted octanol–water partition coefficient (Wildman–Crippen LogP) is 2.92. The molecule has 0 aliphatic heterocycles. The minimum absolute atomic E-state index is 0.149. The van der Waals surface area contributed by atoms with Gasteiger partial charge in [-0.15, -0.1) is 17.9 Å². The summed E-state index contributed by atoms with van der Waals surface area (Å²) in [7, 11) is 0. The SMILES string of the molecule is C=CCNC(=O)c1ccc(NC(=O)c2cccs2)cc1.